The van der Waals surface area contributed by atoms with E-state index in [1.807, 2.05) is 18.2 Å². The monoisotopic (exact) mass is 451 g/mol. The lowest BCUT2D eigenvalue weighted by atomic mass is 9.98. The minimum atomic E-state index is -2.61. The standard InChI is InChI=1S/C21H21Cl2F2N5/c1-12-10-29(19(15-9-21(15,24)25)13-2-4-14(22)5-3-13)6-7-30(12)16-8-17(23)28-20-18(16)26-11-27-20/h2-5,8,11-12,15,19H,6-7,9-10H2,1H3,(H,26,27,28). The summed E-state index contributed by atoms with van der Waals surface area (Å²) < 4.78 is 28.2. The molecule has 0 bridgehead atoms. The number of H-pyrrole nitrogens is 1. The number of nitrogens with one attached hydrogen (secondary N) is 1. The fourth-order valence-corrected chi connectivity index (χ4v) is 4.95. The van der Waals surface area contributed by atoms with Gasteiger partial charge in [0, 0.05) is 55.1 Å². The van der Waals surface area contributed by atoms with Crippen molar-refractivity contribution in [2.75, 3.05) is 24.5 Å². The summed E-state index contributed by atoms with van der Waals surface area (Å²) in [5.74, 6) is -3.27. The third-order valence-corrected chi connectivity index (χ3v) is 6.62. The smallest absolute Gasteiger partial charge is 0.253 e. The Kier molecular flexibility index (Phi) is 4.87. The summed E-state index contributed by atoms with van der Waals surface area (Å²) in [6, 6.07) is 8.90. The van der Waals surface area contributed by atoms with E-state index in [1.165, 1.54) is 0 Å². The predicted octanol–water partition coefficient (Wildman–Crippen LogP) is 5.17. The summed E-state index contributed by atoms with van der Waals surface area (Å²) in [4.78, 5) is 16.0. The zero-order valence-corrected chi connectivity index (χ0v) is 17.8. The number of imidazole rings is 1. The second-order valence-corrected chi connectivity index (χ2v) is 8.99. The molecule has 3 heterocycles. The predicted molar refractivity (Wildman–Crippen MR) is 115 cm³/mol. The zero-order valence-electron chi connectivity index (χ0n) is 16.3. The summed E-state index contributed by atoms with van der Waals surface area (Å²) in [6.45, 7) is 4.12. The lowest BCUT2D eigenvalue weighted by molar-refractivity contribution is 0.0570. The molecular formula is C21H21Cl2F2N5. The minimum Gasteiger partial charge on any atom is -0.364 e. The van der Waals surface area contributed by atoms with Crippen molar-refractivity contribution in [2.24, 2.45) is 5.92 Å². The van der Waals surface area contributed by atoms with Gasteiger partial charge in [-0.2, -0.15) is 0 Å². The Balaban J connectivity index is 1.42. The quantitative estimate of drug-likeness (QED) is 0.555. The van der Waals surface area contributed by atoms with Gasteiger partial charge in [-0.25, -0.2) is 18.7 Å². The lowest BCUT2D eigenvalue weighted by Gasteiger charge is -2.44. The maximum Gasteiger partial charge on any atom is 0.253 e. The van der Waals surface area contributed by atoms with E-state index in [0.29, 0.717) is 35.5 Å². The lowest BCUT2D eigenvalue weighted by Crippen LogP contribution is -2.53. The number of hydrogen-bond donors (Lipinski definition) is 1. The fraction of sp³-hybridized carbons (Fsp3) is 0.429. The molecule has 1 aliphatic carbocycles. The largest absolute Gasteiger partial charge is 0.364 e. The Morgan fingerprint density at radius 1 is 1.20 bits per heavy atom. The van der Waals surface area contributed by atoms with Gasteiger partial charge in [0.15, 0.2) is 5.65 Å². The highest BCUT2D eigenvalue weighted by Gasteiger charge is 2.62. The molecule has 1 aromatic carbocycles. The Hall–Kier alpha value is -1.96. The second-order valence-electron chi connectivity index (χ2n) is 8.17. The van der Waals surface area contributed by atoms with Crippen LogP contribution in [0, 0.1) is 5.92 Å². The van der Waals surface area contributed by atoms with Gasteiger partial charge >= 0.3 is 0 Å². The van der Waals surface area contributed by atoms with E-state index in [4.69, 9.17) is 23.2 Å². The normalized spacial score (nSPS) is 24.9. The third kappa shape index (κ3) is 3.53. The number of aromatic amines is 1. The maximum atomic E-state index is 14.1. The van der Waals surface area contributed by atoms with Gasteiger partial charge in [0.05, 0.1) is 12.0 Å². The Bertz CT molecular complexity index is 1070. The van der Waals surface area contributed by atoms with Gasteiger partial charge in [-0.1, -0.05) is 35.3 Å². The van der Waals surface area contributed by atoms with E-state index >= 15 is 0 Å². The SMILES string of the molecule is CC1CN(C(c2ccc(Cl)cc2)C2CC2(F)F)CCN1c1cc(Cl)nc2nc[nH]c12. The van der Waals surface area contributed by atoms with Crippen LogP contribution in [0.1, 0.15) is 24.9 Å². The van der Waals surface area contributed by atoms with Crippen molar-refractivity contribution in [3.8, 4) is 0 Å². The van der Waals surface area contributed by atoms with Crippen LogP contribution in [0.2, 0.25) is 10.2 Å². The van der Waals surface area contributed by atoms with Crippen molar-refractivity contribution in [1.82, 2.24) is 19.9 Å². The van der Waals surface area contributed by atoms with E-state index in [-0.39, 0.29) is 18.5 Å². The summed E-state index contributed by atoms with van der Waals surface area (Å²) >= 11 is 12.2. The van der Waals surface area contributed by atoms with Crippen molar-refractivity contribution in [3.05, 3.63) is 52.4 Å². The molecule has 30 heavy (non-hydrogen) atoms. The van der Waals surface area contributed by atoms with Crippen molar-refractivity contribution < 1.29 is 8.78 Å². The van der Waals surface area contributed by atoms with Crippen molar-refractivity contribution in [3.63, 3.8) is 0 Å². The van der Waals surface area contributed by atoms with E-state index < -0.39 is 11.8 Å². The average molecular weight is 452 g/mol. The number of pyridine rings is 1. The number of halogens is 4. The van der Waals surface area contributed by atoms with Crippen molar-refractivity contribution in [1.29, 1.82) is 0 Å². The number of anilines is 1. The first-order chi connectivity index (χ1) is 14.3. The molecule has 1 saturated heterocycles. The molecule has 1 saturated carbocycles. The van der Waals surface area contributed by atoms with Crippen molar-refractivity contribution in [2.45, 2.75) is 31.4 Å². The highest BCUT2D eigenvalue weighted by Crippen LogP contribution is 2.57. The number of alkyl halides is 2. The van der Waals surface area contributed by atoms with Crippen LogP contribution in [-0.4, -0.2) is 51.5 Å². The van der Waals surface area contributed by atoms with Gasteiger partial charge < -0.3 is 9.88 Å². The maximum absolute atomic E-state index is 14.1. The van der Waals surface area contributed by atoms with Crippen LogP contribution in [0.5, 0.6) is 0 Å². The molecule has 158 valence electrons. The van der Waals surface area contributed by atoms with Crippen LogP contribution in [0.4, 0.5) is 14.5 Å². The highest BCUT2D eigenvalue weighted by atomic mass is 35.5. The average Bonchev–Trinajstić information content (AvgIpc) is 3.09. The summed E-state index contributed by atoms with van der Waals surface area (Å²) in [5, 5.41) is 0.993. The zero-order chi connectivity index (χ0) is 21.0. The molecule has 3 unspecified atom stereocenters. The number of hydrogen-bond acceptors (Lipinski definition) is 4. The van der Waals surface area contributed by atoms with Gasteiger partial charge in [0.25, 0.3) is 5.92 Å². The third-order valence-electron chi connectivity index (χ3n) is 6.17. The fourth-order valence-electron chi connectivity index (χ4n) is 4.64. The van der Waals surface area contributed by atoms with Crippen LogP contribution in [0.3, 0.4) is 0 Å². The van der Waals surface area contributed by atoms with Crippen molar-refractivity contribution >= 4 is 40.1 Å². The molecule has 1 N–H and O–H groups in total. The number of rotatable bonds is 4. The van der Waals surface area contributed by atoms with E-state index in [9.17, 15) is 8.78 Å². The topological polar surface area (TPSA) is 48.1 Å². The van der Waals surface area contributed by atoms with Gasteiger partial charge in [-0.3, -0.25) is 4.90 Å². The Morgan fingerprint density at radius 2 is 1.93 bits per heavy atom. The number of benzene rings is 1. The van der Waals surface area contributed by atoms with Crippen LogP contribution in [-0.2, 0) is 0 Å². The first kappa shape index (κ1) is 20.0. The van der Waals surface area contributed by atoms with Gasteiger partial charge in [0.1, 0.15) is 10.7 Å². The van der Waals surface area contributed by atoms with Crippen LogP contribution in [0.25, 0.3) is 11.2 Å². The molecule has 5 rings (SSSR count). The first-order valence-corrected chi connectivity index (χ1v) is 10.7. The molecule has 0 radical (unpaired) electrons. The van der Waals surface area contributed by atoms with E-state index in [1.54, 1.807) is 18.5 Å². The molecule has 2 aliphatic rings. The van der Waals surface area contributed by atoms with E-state index in [0.717, 1.165) is 16.8 Å². The molecule has 1 aliphatic heterocycles. The summed E-state index contributed by atoms with van der Waals surface area (Å²) in [6.07, 6.45) is 1.54. The van der Waals surface area contributed by atoms with Crippen LogP contribution >= 0.6 is 23.2 Å². The van der Waals surface area contributed by atoms with Crippen LogP contribution in [0.15, 0.2) is 36.7 Å². The summed E-state index contributed by atoms with van der Waals surface area (Å²) in [7, 11) is 0. The summed E-state index contributed by atoms with van der Waals surface area (Å²) in [5.41, 5.74) is 3.24. The molecule has 2 aromatic heterocycles. The molecule has 5 nitrogen and oxygen atoms in total. The molecule has 3 atom stereocenters. The first-order valence-electron chi connectivity index (χ1n) is 9.97. The molecule has 0 spiro atoms. The minimum absolute atomic E-state index is 0.0659. The molecule has 2 fully saturated rings. The molecular weight excluding hydrogens is 431 g/mol. The molecule has 0 amide bonds. The van der Waals surface area contributed by atoms with E-state index in [2.05, 4.69) is 31.7 Å². The second kappa shape index (κ2) is 7.32. The number of nitrogens with zero attached hydrogens (tertiary/aromatic N) is 4. The van der Waals surface area contributed by atoms with Gasteiger partial charge in [-0.05, 0) is 24.6 Å². The number of aromatic nitrogens is 3. The Labute approximate surface area is 183 Å². The molecule has 3 aromatic rings. The number of piperazine rings is 1. The van der Waals surface area contributed by atoms with Gasteiger partial charge in [-0.15, -0.1) is 0 Å². The highest BCUT2D eigenvalue weighted by molar-refractivity contribution is 6.30. The van der Waals surface area contributed by atoms with Gasteiger partial charge in [0.2, 0.25) is 0 Å². The van der Waals surface area contributed by atoms with Crippen LogP contribution < -0.4 is 4.90 Å². The molecule has 9 heteroatoms. The Morgan fingerprint density at radius 3 is 2.60 bits per heavy atom. The number of fused-ring (bicyclic) bond motifs is 1.